The fraction of sp³-hybridized carbons (Fsp3) is 0.458. The van der Waals surface area contributed by atoms with Gasteiger partial charge in [0.15, 0.2) is 0 Å². The van der Waals surface area contributed by atoms with Gasteiger partial charge in [-0.05, 0) is 62.7 Å². The molecule has 0 aromatic heterocycles. The third-order valence-corrected chi connectivity index (χ3v) is 7.58. The minimum absolute atomic E-state index is 0.0369. The predicted molar refractivity (Wildman–Crippen MR) is 121 cm³/mol. The van der Waals surface area contributed by atoms with E-state index >= 15 is 4.39 Å². The molecule has 0 unspecified atom stereocenters. The van der Waals surface area contributed by atoms with E-state index in [-0.39, 0.29) is 28.9 Å². The van der Waals surface area contributed by atoms with Gasteiger partial charge in [-0.3, -0.25) is 4.79 Å². The number of aliphatic hydroxyl groups is 1. The van der Waals surface area contributed by atoms with Gasteiger partial charge in [0, 0.05) is 26.5 Å². The minimum Gasteiger partial charge on any atom is -0.381 e. The largest absolute Gasteiger partial charge is 0.381 e. The van der Waals surface area contributed by atoms with Crippen molar-refractivity contribution in [1.82, 2.24) is 9.62 Å². The fourth-order valence-corrected chi connectivity index (χ4v) is 5.35. The van der Waals surface area contributed by atoms with E-state index in [2.05, 4.69) is 4.72 Å². The molecule has 10 heteroatoms. The molecule has 1 heterocycles. The highest BCUT2D eigenvalue weighted by Gasteiger charge is 2.62. The topological polar surface area (TPSA) is 86.7 Å². The van der Waals surface area contributed by atoms with Crippen LogP contribution in [0.2, 0.25) is 0 Å². The van der Waals surface area contributed by atoms with Gasteiger partial charge in [0.2, 0.25) is 10.0 Å². The molecule has 184 valence electrons. The average molecular weight is 499 g/mol. The Morgan fingerprint density at radius 3 is 2.47 bits per heavy atom. The Labute approximate surface area is 199 Å². The molecular formula is C24H27F3N2O4S. The second-order valence-corrected chi connectivity index (χ2v) is 11.2. The Morgan fingerprint density at radius 2 is 1.88 bits per heavy atom. The number of carbonyl (C=O) groups is 1. The summed E-state index contributed by atoms with van der Waals surface area (Å²) in [5.41, 5.74) is -1.97. The van der Waals surface area contributed by atoms with E-state index < -0.39 is 69.4 Å². The van der Waals surface area contributed by atoms with Crippen molar-refractivity contribution in [1.29, 1.82) is 0 Å². The minimum atomic E-state index is -3.83. The van der Waals surface area contributed by atoms with Crippen LogP contribution in [-0.4, -0.2) is 53.8 Å². The van der Waals surface area contributed by atoms with Gasteiger partial charge < -0.3 is 10.0 Å². The maximum atomic E-state index is 15.6. The lowest BCUT2D eigenvalue weighted by Crippen LogP contribution is -2.55. The second kappa shape index (κ2) is 8.66. The van der Waals surface area contributed by atoms with Crippen LogP contribution in [-0.2, 0) is 21.2 Å². The number of carbonyl (C=O) groups excluding carboxylic acids is 1. The number of benzene rings is 2. The summed E-state index contributed by atoms with van der Waals surface area (Å²) in [4.78, 5) is 14.3. The number of nitrogens with one attached hydrogen (secondary N) is 1. The van der Waals surface area contributed by atoms with Gasteiger partial charge in [-0.15, -0.1) is 0 Å². The molecule has 0 bridgehead atoms. The number of likely N-dealkylation sites (tertiary alicyclic amines) is 1. The van der Waals surface area contributed by atoms with Crippen LogP contribution in [0.25, 0.3) is 11.1 Å². The third-order valence-electron chi connectivity index (χ3n) is 6.19. The number of rotatable bonds is 7. The summed E-state index contributed by atoms with van der Waals surface area (Å²) in [6.45, 7) is 3.89. The molecule has 1 amide bonds. The molecule has 34 heavy (non-hydrogen) atoms. The summed E-state index contributed by atoms with van der Waals surface area (Å²) in [5.74, 6) is -4.57. The van der Waals surface area contributed by atoms with Gasteiger partial charge >= 0.3 is 0 Å². The molecule has 2 aromatic rings. The van der Waals surface area contributed by atoms with E-state index in [0.717, 1.165) is 17.0 Å². The molecule has 1 aliphatic heterocycles. The summed E-state index contributed by atoms with van der Waals surface area (Å²) in [6.07, 6.45) is -2.13. The molecular weight excluding hydrogens is 469 g/mol. The Kier molecular flexibility index (Phi) is 5.62. The van der Waals surface area contributed by atoms with Gasteiger partial charge in [-0.2, -0.15) is 0 Å². The first-order valence-corrected chi connectivity index (χ1v) is 12.5. The monoisotopic (exact) mass is 498 g/mol. The molecule has 4 rings (SSSR count). The van der Waals surface area contributed by atoms with Gasteiger partial charge in [0.25, 0.3) is 5.91 Å². The first-order valence-electron chi connectivity index (χ1n) is 11.9. The summed E-state index contributed by atoms with van der Waals surface area (Å²) in [6, 6.07) is 3.75. The molecule has 2 aliphatic rings. The number of hydrogen-bond acceptors (Lipinski definition) is 4. The smallest absolute Gasteiger partial charge is 0.254 e. The van der Waals surface area contributed by atoms with E-state index in [1.165, 1.54) is 39.0 Å². The zero-order valence-corrected chi connectivity index (χ0v) is 19.7. The molecule has 6 nitrogen and oxygen atoms in total. The van der Waals surface area contributed by atoms with Crippen LogP contribution in [0.15, 0.2) is 36.4 Å². The van der Waals surface area contributed by atoms with Crippen LogP contribution in [0, 0.1) is 23.4 Å². The van der Waals surface area contributed by atoms with Crippen molar-refractivity contribution in [2.45, 2.75) is 57.3 Å². The number of amides is 1. The molecule has 2 N–H and O–H groups in total. The fourth-order valence-electron chi connectivity index (χ4n) is 4.47. The lowest BCUT2D eigenvalue weighted by molar-refractivity contribution is -0.150. The molecule has 0 radical (unpaired) electrons. The Balaban J connectivity index is 1.77. The number of sulfonamides is 1. The second-order valence-electron chi connectivity index (χ2n) is 9.16. The first kappa shape index (κ1) is 22.1. The van der Waals surface area contributed by atoms with Crippen LogP contribution >= 0.6 is 0 Å². The summed E-state index contributed by atoms with van der Waals surface area (Å²) < 4.78 is 87.1. The maximum Gasteiger partial charge on any atom is 0.254 e. The van der Waals surface area contributed by atoms with Crippen molar-refractivity contribution in [2.75, 3.05) is 5.75 Å². The first-order chi connectivity index (χ1) is 16.6. The van der Waals surface area contributed by atoms with Crippen LogP contribution in [0.5, 0.6) is 0 Å². The van der Waals surface area contributed by atoms with Gasteiger partial charge in [0.1, 0.15) is 23.1 Å². The van der Waals surface area contributed by atoms with Gasteiger partial charge in [-0.25, -0.2) is 26.3 Å². The van der Waals surface area contributed by atoms with Crippen LogP contribution in [0.1, 0.15) is 35.4 Å². The maximum absolute atomic E-state index is 15.6. The quantitative estimate of drug-likeness (QED) is 0.615. The lowest BCUT2D eigenvalue weighted by atomic mass is 9.94. The number of piperidine rings is 1. The molecule has 1 saturated carbocycles. The highest BCUT2D eigenvalue weighted by Crippen LogP contribution is 2.50. The number of halogens is 3. The van der Waals surface area contributed by atoms with Crippen LogP contribution in [0.4, 0.5) is 13.2 Å². The van der Waals surface area contributed by atoms with Gasteiger partial charge in [-0.1, -0.05) is 18.2 Å². The van der Waals surface area contributed by atoms with Crippen LogP contribution in [0.3, 0.4) is 0 Å². The summed E-state index contributed by atoms with van der Waals surface area (Å²) in [7, 11) is -3.83. The van der Waals surface area contributed by atoms with Gasteiger partial charge in [0.05, 0.1) is 11.8 Å². The zero-order chi connectivity index (χ0) is 26.8. The van der Waals surface area contributed by atoms with Crippen molar-refractivity contribution in [3.05, 3.63) is 59.4 Å². The van der Waals surface area contributed by atoms with Crippen molar-refractivity contribution >= 4 is 15.9 Å². The zero-order valence-electron chi connectivity index (χ0n) is 20.8. The van der Waals surface area contributed by atoms with Crippen molar-refractivity contribution < 1.29 is 34.2 Å². The van der Waals surface area contributed by atoms with Crippen molar-refractivity contribution in [3.8, 4) is 11.1 Å². The summed E-state index contributed by atoms with van der Waals surface area (Å²) >= 11 is 0. The molecule has 2 aromatic carbocycles. The highest BCUT2D eigenvalue weighted by atomic mass is 32.2. The number of nitrogens with zero attached hydrogens (tertiary/aromatic N) is 1. The Hall–Kier alpha value is -2.43. The van der Waals surface area contributed by atoms with E-state index in [0.29, 0.717) is 6.07 Å². The van der Waals surface area contributed by atoms with E-state index in [9.17, 15) is 27.1 Å². The number of hydrogen-bond donors (Lipinski definition) is 2. The van der Waals surface area contributed by atoms with Crippen LogP contribution < -0.4 is 4.72 Å². The molecule has 1 saturated heterocycles. The Morgan fingerprint density at radius 1 is 1.24 bits per heavy atom. The van der Waals surface area contributed by atoms with Crippen molar-refractivity contribution in [3.63, 3.8) is 0 Å². The standard InChI is InChI=1S/C24H27F3N2O4S/c1-4-34(32,33)28-22-18-12-19(18)29(23(30)24(2,3)31)20(22)10-13-6-5-7-17(21(13)27)14-8-15(25)11-16(26)9-14/h5-9,11,18-20,22,28,31H,4,10,12H2,1-3H3/t18-,19+,20+,22+/m0/s1/i12D2. The molecule has 2 fully saturated rings. The highest BCUT2D eigenvalue weighted by molar-refractivity contribution is 7.89. The SMILES string of the molecule is [2H]C1([2H])[C@@H]2[C@@H](NS(=O)(=O)CC)[C@@H](Cc3cccc(-c4cc(F)cc(F)c4)c3F)N(C(=O)C(C)(C)O)[C@@H]21. The summed E-state index contributed by atoms with van der Waals surface area (Å²) in [5, 5.41) is 10.4. The average Bonchev–Trinajstić information content (AvgIpc) is 3.15. The third kappa shape index (κ3) is 4.71. The molecule has 0 spiro atoms. The molecule has 4 atom stereocenters. The van der Waals surface area contributed by atoms with E-state index in [4.69, 9.17) is 2.74 Å². The van der Waals surface area contributed by atoms with E-state index in [1.807, 2.05) is 0 Å². The Bertz CT molecular complexity index is 1300. The van der Waals surface area contributed by atoms with E-state index in [1.54, 1.807) is 0 Å². The van der Waals surface area contributed by atoms with Crippen molar-refractivity contribution in [2.24, 2.45) is 5.92 Å². The lowest BCUT2D eigenvalue weighted by Gasteiger charge is -2.35. The predicted octanol–water partition coefficient (Wildman–Crippen LogP) is 2.99. The normalized spacial score (nSPS) is 26.6. The molecule has 1 aliphatic carbocycles. The number of fused-ring (bicyclic) bond motifs is 1.